The van der Waals surface area contributed by atoms with Crippen molar-refractivity contribution in [2.45, 2.75) is 6.36 Å². The second-order valence-electron chi connectivity index (χ2n) is 3.18. The van der Waals surface area contributed by atoms with Crippen LogP contribution in [0.4, 0.5) is 13.2 Å². The van der Waals surface area contributed by atoms with Gasteiger partial charge in [0.2, 0.25) is 0 Å². The highest BCUT2D eigenvalue weighted by Crippen LogP contribution is 2.24. The number of ether oxygens (including phenoxy) is 1. The minimum atomic E-state index is -4.70. The average Bonchev–Trinajstić information content (AvgIpc) is 2.28. The minimum Gasteiger partial charge on any atom is -0.406 e. The van der Waals surface area contributed by atoms with Gasteiger partial charge in [0, 0.05) is 6.20 Å². The van der Waals surface area contributed by atoms with Gasteiger partial charge in [-0.3, -0.25) is 4.99 Å². The highest BCUT2D eigenvalue weighted by atomic mass is 19.4. The standard InChI is InChI=1S/C11H12F3N3O/c1-16-6-10(17-7-15)8-2-4-9(5-3-8)18-11(12,13)14/h2-6,17H,1,7,15H2/b10-6-. The van der Waals surface area contributed by atoms with Gasteiger partial charge in [-0.05, 0) is 36.5 Å². The Morgan fingerprint density at radius 1 is 1.39 bits per heavy atom. The maximum Gasteiger partial charge on any atom is 0.573 e. The third kappa shape index (κ3) is 4.46. The number of rotatable bonds is 5. The zero-order chi connectivity index (χ0) is 13.6. The summed E-state index contributed by atoms with van der Waals surface area (Å²) in [6.45, 7) is 3.46. The van der Waals surface area contributed by atoms with E-state index >= 15 is 0 Å². The van der Waals surface area contributed by atoms with E-state index in [1.165, 1.54) is 30.5 Å². The van der Waals surface area contributed by atoms with Gasteiger partial charge in [-0.25, -0.2) is 0 Å². The van der Waals surface area contributed by atoms with Gasteiger partial charge in [0.1, 0.15) is 5.75 Å². The van der Waals surface area contributed by atoms with E-state index in [-0.39, 0.29) is 12.4 Å². The van der Waals surface area contributed by atoms with Gasteiger partial charge in [0.15, 0.2) is 0 Å². The molecule has 0 unspecified atom stereocenters. The van der Waals surface area contributed by atoms with Crippen molar-refractivity contribution in [2.24, 2.45) is 10.7 Å². The first-order valence-corrected chi connectivity index (χ1v) is 4.92. The van der Waals surface area contributed by atoms with Crippen molar-refractivity contribution in [2.75, 3.05) is 6.67 Å². The molecule has 0 spiro atoms. The van der Waals surface area contributed by atoms with Crippen LogP contribution in [-0.4, -0.2) is 19.7 Å². The number of nitrogens with two attached hydrogens (primary N) is 1. The van der Waals surface area contributed by atoms with Gasteiger partial charge in [0.25, 0.3) is 0 Å². The van der Waals surface area contributed by atoms with Crippen LogP contribution in [-0.2, 0) is 0 Å². The van der Waals surface area contributed by atoms with Crippen LogP contribution in [0.3, 0.4) is 0 Å². The van der Waals surface area contributed by atoms with Crippen molar-refractivity contribution >= 4 is 12.4 Å². The van der Waals surface area contributed by atoms with E-state index in [1.54, 1.807) is 0 Å². The summed E-state index contributed by atoms with van der Waals surface area (Å²) in [4.78, 5) is 3.57. The lowest BCUT2D eigenvalue weighted by Crippen LogP contribution is -2.20. The van der Waals surface area contributed by atoms with Crippen molar-refractivity contribution in [1.29, 1.82) is 0 Å². The van der Waals surface area contributed by atoms with Gasteiger partial charge < -0.3 is 15.8 Å². The van der Waals surface area contributed by atoms with E-state index < -0.39 is 6.36 Å². The molecule has 0 radical (unpaired) electrons. The predicted molar refractivity (Wildman–Crippen MR) is 62.8 cm³/mol. The van der Waals surface area contributed by atoms with Gasteiger partial charge in [0.05, 0.1) is 12.4 Å². The molecule has 1 rings (SSSR count). The molecular weight excluding hydrogens is 247 g/mol. The normalized spacial score (nSPS) is 12.1. The van der Waals surface area contributed by atoms with Crippen LogP contribution in [0.5, 0.6) is 5.75 Å². The highest BCUT2D eigenvalue weighted by molar-refractivity contribution is 5.64. The number of hydrogen-bond acceptors (Lipinski definition) is 4. The molecule has 0 atom stereocenters. The molecular formula is C11H12F3N3O. The van der Waals surface area contributed by atoms with Crippen molar-refractivity contribution in [3.63, 3.8) is 0 Å². The quantitative estimate of drug-likeness (QED) is 0.628. The molecule has 0 aliphatic carbocycles. The number of halogens is 3. The number of hydrogen-bond donors (Lipinski definition) is 2. The van der Waals surface area contributed by atoms with Gasteiger partial charge >= 0.3 is 6.36 Å². The Kier molecular flexibility index (Phi) is 4.73. The minimum absolute atomic E-state index is 0.169. The molecule has 18 heavy (non-hydrogen) atoms. The van der Waals surface area contributed by atoms with Crippen LogP contribution in [0.15, 0.2) is 35.5 Å². The Morgan fingerprint density at radius 3 is 2.44 bits per heavy atom. The fraction of sp³-hybridized carbons (Fsp3) is 0.182. The lowest BCUT2D eigenvalue weighted by atomic mass is 10.1. The molecule has 0 fully saturated rings. The Labute approximate surface area is 102 Å². The Balaban J connectivity index is 2.87. The molecule has 4 nitrogen and oxygen atoms in total. The van der Waals surface area contributed by atoms with E-state index in [1.807, 2.05) is 0 Å². The Bertz CT molecular complexity index is 426. The molecule has 0 saturated carbocycles. The smallest absolute Gasteiger partial charge is 0.406 e. The summed E-state index contributed by atoms with van der Waals surface area (Å²) in [5.74, 6) is -0.287. The predicted octanol–water partition coefficient (Wildman–Crippen LogP) is 2.09. The van der Waals surface area contributed by atoms with E-state index in [0.717, 1.165) is 0 Å². The maximum absolute atomic E-state index is 12.0. The third-order valence-corrected chi connectivity index (χ3v) is 1.91. The molecule has 0 saturated heterocycles. The summed E-state index contributed by atoms with van der Waals surface area (Å²) >= 11 is 0. The number of nitrogens with one attached hydrogen (secondary N) is 1. The van der Waals surface area contributed by atoms with Gasteiger partial charge in [-0.2, -0.15) is 0 Å². The maximum atomic E-state index is 12.0. The molecule has 0 amide bonds. The van der Waals surface area contributed by atoms with Gasteiger partial charge in [-0.1, -0.05) is 0 Å². The van der Waals surface area contributed by atoms with Crippen LogP contribution in [0.2, 0.25) is 0 Å². The van der Waals surface area contributed by atoms with Crippen molar-refractivity contribution in [3.05, 3.63) is 36.0 Å². The molecule has 1 aromatic rings. The van der Waals surface area contributed by atoms with E-state index in [0.29, 0.717) is 11.3 Å². The molecule has 7 heteroatoms. The zero-order valence-corrected chi connectivity index (χ0v) is 9.37. The zero-order valence-electron chi connectivity index (χ0n) is 9.37. The molecule has 3 N–H and O–H groups in total. The van der Waals surface area contributed by atoms with Crippen molar-refractivity contribution in [3.8, 4) is 5.75 Å². The molecule has 98 valence electrons. The average molecular weight is 259 g/mol. The van der Waals surface area contributed by atoms with Crippen LogP contribution < -0.4 is 15.8 Å². The molecule has 1 aromatic carbocycles. The lowest BCUT2D eigenvalue weighted by Gasteiger charge is -2.11. The molecule has 0 aliphatic heterocycles. The van der Waals surface area contributed by atoms with Gasteiger partial charge in [-0.15, -0.1) is 13.2 Å². The van der Waals surface area contributed by atoms with E-state index in [4.69, 9.17) is 5.73 Å². The topological polar surface area (TPSA) is 59.6 Å². The van der Waals surface area contributed by atoms with Crippen LogP contribution in [0.1, 0.15) is 5.56 Å². The highest BCUT2D eigenvalue weighted by Gasteiger charge is 2.30. The fourth-order valence-corrected chi connectivity index (χ4v) is 1.26. The molecule has 0 aliphatic rings. The summed E-state index contributed by atoms with van der Waals surface area (Å²) in [7, 11) is 0. The van der Waals surface area contributed by atoms with E-state index in [9.17, 15) is 13.2 Å². The summed E-state index contributed by atoms with van der Waals surface area (Å²) in [5.41, 5.74) is 6.51. The molecule has 0 bridgehead atoms. The summed E-state index contributed by atoms with van der Waals surface area (Å²) in [5, 5.41) is 2.81. The van der Waals surface area contributed by atoms with Crippen molar-refractivity contribution < 1.29 is 17.9 Å². The van der Waals surface area contributed by atoms with Crippen LogP contribution in [0.25, 0.3) is 5.70 Å². The monoisotopic (exact) mass is 259 g/mol. The third-order valence-electron chi connectivity index (χ3n) is 1.91. The summed E-state index contributed by atoms with van der Waals surface area (Å²) < 4.78 is 39.6. The van der Waals surface area contributed by atoms with E-state index in [2.05, 4.69) is 21.8 Å². The number of alkyl halides is 3. The molecule has 0 heterocycles. The summed E-state index contributed by atoms with van der Waals surface area (Å²) in [6, 6.07) is 5.33. The second-order valence-corrected chi connectivity index (χ2v) is 3.18. The summed E-state index contributed by atoms with van der Waals surface area (Å²) in [6.07, 6.45) is -3.27. The molecule has 0 aromatic heterocycles. The number of aliphatic imine (C=N–C) groups is 1. The lowest BCUT2D eigenvalue weighted by molar-refractivity contribution is -0.274. The first-order valence-electron chi connectivity index (χ1n) is 4.92. The number of nitrogens with zero attached hydrogens (tertiary/aromatic N) is 1. The van der Waals surface area contributed by atoms with Crippen LogP contribution >= 0.6 is 0 Å². The largest absolute Gasteiger partial charge is 0.573 e. The number of benzene rings is 1. The Hall–Kier alpha value is -2.02. The SMILES string of the molecule is C=N/C=C(\NCN)c1ccc(OC(F)(F)F)cc1. The first kappa shape index (κ1) is 14.0. The van der Waals surface area contributed by atoms with Crippen molar-refractivity contribution in [1.82, 2.24) is 5.32 Å². The fourth-order valence-electron chi connectivity index (χ4n) is 1.26. The second kappa shape index (κ2) is 6.06. The first-order chi connectivity index (χ1) is 8.46. The Morgan fingerprint density at radius 2 is 2.00 bits per heavy atom. The van der Waals surface area contributed by atoms with Crippen LogP contribution in [0, 0.1) is 0 Å².